The molecule has 4 aromatic rings. The zero-order valence-electron chi connectivity index (χ0n) is 29.1. The normalized spacial score (nSPS) is 11.8. The van der Waals surface area contributed by atoms with Crippen molar-refractivity contribution < 1.29 is 23.8 Å². The fourth-order valence-electron chi connectivity index (χ4n) is 5.64. The van der Waals surface area contributed by atoms with Gasteiger partial charge in [-0.3, -0.25) is 4.79 Å². The molecule has 0 saturated carbocycles. The summed E-state index contributed by atoms with van der Waals surface area (Å²) in [5, 5.41) is 6.82. The Morgan fingerprint density at radius 2 is 1.51 bits per heavy atom. The lowest BCUT2D eigenvalue weighted by Gasteiger charge is -2.24. The SMILES string of the molecule is CC(=O)NCCc1ccccc1-c1ccc(C(CNC(=O)OC(C)(C)C)Cc2ccc(OCCOc3c(Cl)cc(C)cc3Cl)cc2)c(C)c1. The maximum absolute atomic E-state index is 12.6. The molecule has 0 aliphatic rings. The van der Waals surface area contributed by atoms with Crippen molar-refractivity contribution in [3.8, 4) is 22.6 Å². The average Bonchev–Trinajstić information content (AvgIpc) is 3.02. The highest BCUT2D eigenvalue weighted by molar-refractivity contribution is 6.37. The van der Waals surface area contributed by atoms with E-state index in [0.29, 0.717) is 41.9 Å². The lowest BCUT2D eigenvalue weighted by molar-refractivity contribution is -0.118. The van der Waals surface area contributed by atoms with Crippen LogP contribution in [0.25, 0.3) is 11.1 Å². The second kappa shape index (κ2) is 17.5. The minimum Gasteiger partial charge on any atom is -0.490 e. The molecular weight excluding hydrogens is 659 g/mol. The zero-order chi connectivity index (χ0) is 35.6. The molecule has 2 amide bonds. The van der Waals surface area contributed by atoms with Crippen LogP contribution in [0.1, 0.15) is 61.4 Å². The topological polar surface area (TPSA) is 85.9 Å². The zero-order valence-corrected chi connectivity index (χ0v) is 30.6. The van der Waals surface area contributed by atoms with E-state index in [1.807, 2.05) is 76.2 Å². The van der Waals surface area contributed by atoms with E-state index in [2.05, 4.69) is 47.9 Å². The predicted molar refractivity (Wildman–Crippen MR) is 198 cm³/mol. The van der Waals surface area contributed by atoms with E-state index >= 15 is 0 Å². The number of hydrogen-bond acceptors (Lipinski definition) is 5. The number of aryl methyl sites for hydroxylation is 2. The largest absolute Gasteiger partial charge is 0.490 e. The van der Waals surface area contributed by atoms with Crippen LogP contribution in [-0.4, -0.2) is 43.9 Å². The van der Waals surface area contributed by atoms with Gasteiger partial charge in [-0.2, -0.15) is 0 Å². The molecule has 0 bridgehead atoms. The third kappa shape index (κ3) is 11.7. The lowest BCUT2D eigenvalue weighted by Crippen LogP contribution is -2.35. The smallest absolute Gasteiger partial charge is 0.407 e. The molecule has 2 N–H and O–H groups in total. The van der Waals surface area contributed by atoms with Crippen molar-refractivity contribution in [3.05, 3.63) is 117 Å². The van der Waals surface area contributed by atoms with Gasteiger partial charge in [0.05, 0.1) is 10.0 Å². The van der Waals surface area contributed by atoms with Crippen molar-refractivity contribution in [2.45, 2.75) is 65.9 Å². The van der Waals surface area contributed by atoms with Gasteiger partial charge in [0.25, 0.3) is 0 Å². The van der Waals surface area contributed by atoms with E-state index in [-0.39, 0.29) is 18.4 Å². The van der Waals surface area contributed by atoms with Crippen molar-refractivity contribution in [2.75, 3.05) is 26.3 Å². The number of carbonyl (C=O) groups excluding carboxylic acids is 2. The van der Waals surface area contributed by atoms with Crippen molar-refractivity contribution in [3.63, 3.8) is 0 Å². The van der Waals surface area contributed by atoms with Gasteiger partial charge in [-0.1, -0.05) is 77.8 Å². The number of ether oxygens (including phenoxy) is 3. The average molecular weight is 706 g/mol. The Kier molecular flexibility index (Phi) is 13.4. The first-order valence-corrected chi connectivity index (χ1v) is 17.2. The first-order valence-electron chi connectivity index (χ1n) is 16.5. The van der Waals surface area contributed by atoms with Gasteiger partial charge < -0.3 is 24.8 Å². The van der Waals surface area contributed by atoms with E-state index < -0.39 is 11.7 Å². The van der Waals surface area contributed by atoms with Gasteiger partial charge in [-0.15, -0.1) is 0 Å². The Morgan fingerprint density at radius 1 is 0.837 bits per heavy atom. The van der Waals surface area contributed by atoms with E-state index in [4.69, 9.17) is 37.4 Å². The Bertz CT molecular complexity index is 1710. The second-order valence-corrected chi connectivity index (χ2v) is 14.0. The van der Waals surface area contributed by atoms with E-state index in [1.54, 1.807) is 0 Å². The number of nitrogens with one attached hydrogen (secondary N) is 2. The summed E-state index contributed by atoms with van der Waals surface area (Å²) in [5.41, 5.74) is 7.15. The minimum atomic E-state index is -0.593. The molecule has 4 rings (SSSR count). The van der Waals surface area contributed by atoms with Crippen molar-refractivity contribution in [1.29, 1.82) is 0 Å². The molecule has 0 aromatic heterocycles. The summed E-state index contributed by atoms with van der Waals surface area (Å²) in [6, 6.07) is 26.3. The molecule has 1 atom stereocenters. The quantitative estimate of drug-likeness (QED) is 0.128. The van der Waals surface area contributed by atoms with Crippen LogP contribution in [0.5, 0.6) is 11.5 Å². The van der Waals surface area contributed by atoms with Gasteiger partial charge >= 0.3 is 6.09 Å². The molecular formula is C40H46Cl2N2O5. The molecule has 260 valence electrons. The second-order valence-electron chi connectivity index (χ2n) is 13.1. The monoisotopic (exact) mass is 704 g/mol. The summed E-state index contributed by atoms with van der Waals surface area (Å²) < 4.78 is 17.2. The van der Waals surface area contributed by atoms with Crippen LogP contribution in [0.4, 0.5) is 4.79 Å². The van der Waals surface area contributed by atoms with Crippen LogP contribution in [0.15, 0.2) is 78.9 Å². The number of halogens is 2. The first kappa shape index (κ1) is 37.6. The number of amides is 2. The van der Waals surface area contributed by atoms with Crippen molar-refractivity contribution >= 4 is 35.2 Å². The Hall–Kier alpha value is -4.20. The summed E-state index contributed by atoms with van der Waals surface area (Å²) in [4.78, 5) is 24.1. The molecule has 0 spiro atoms. The molecule has 0 aliphatic heterocycles. The summed E-state index contributed by atoms with van der Waals surface area (Å²) in [5.74, 6) is 1.12. The number of carbonyl (C=O) groups is 2. The van der Waals surface area contributed by atoms with Crippen LogP contribution in [0.3, 0.4) is 0 Å². The van der Waals surface area contributed by atoms with E-state index in [9.17, 15) is 9.59 Å². The molecule has 1 unspecified atom stereocenters. The van der Waals surface area contributed by atoms with Crippen LogP contribution >= 0.6 is 23.2 Å². The Balaban J connectivity index is 1.46. The van der Waals surface area contributed by atoms with Crippen LogP contribution in [0, 0.1) is 13.8 Å². The van der Waals surface area contributed by atoms with E-state index in [0.717, 1.165) is 45.6 Å². The third-order valence-corrected chi connectivity index (χ3v) is 8.41. The molecule has 9 heteroatoms. The lowest BCUT2D eigenvalue weighted by atomic mass is 9.86. The number of rotatable bonds is 14. The molecule has 0 heterocycles. The van der Waals surface area contributed by atoms with Gasteiger partial charge in [0.2, 0.25) is 5.91 Å². The Morgan fingerprint density at radius 3 is 2.16 bits per heavy atom. The molecule has 7 nitrogen and oxygen atoms in total. The highest BCUT2D eigenvalue weighted by Crippen LogP contribution is 2.34. The highest BCUT2D eigenvalue weighted by Gasteiger charge is 2.21. The van der Waals surface area contributed by atoms with Gasteiger partial charge in [0, 0.05) is 25.9 Å². The van der Waals surface area contributed by atoms with Crippen LogP contribution < -0.4 is 20.1 Å². The molecule has 0 fully saturated rings. The summed E-state index contributed by atoms with van der Waals surface area (Å²) in [7, 11) is 0. The number of hydrogen-bond donors (Lipinski definition) is 2. The van der Waals surface area contributed by atoms with E-state index in [1.165, 1.54) is 12.5 Å². The summed E-state index contributed by atoms with van der Waals surface area (Å²) in [6.07, 6.45) is 0.984. The molecule has 0 aliphatic carbocycles. The third-order valence-electron chi connectivity index (χ3n) is 7.84. The highest BCUT2D eigenvalue weighted by atomic mass is 35.5. The van der Waals surface area contributed by atoms with Gasteiger partial charge in [-0.25, -0.2) is 4.79 Å². The van der Waals surface area contributed by atoms with Crippen LogP contribution in [0.2, 0.25) is 10.0 Å². The standard InChI is InChI=1S/C40H46Cl2N2O5/c1-26-21-36(41)38(37(42)22-26)48-20-19-47-33-14-11-29(12-15-33)24-32(25-44-39(46)49-40(4,5)6)34-16-13-31(23-27(34)2)35-10-8-7-9-30(35)17-18-43-28(3)45/h7-16,21-23,32H,17-20,24-25H2,1-6H3,(H,43,45)(H,44,46). The fourth-order valence-corrected chi connectivity index (χ4v) is 6.35. The number of alkyl carbamates (subject to hydrolysis) is 1. The maximum atomic E-state index is 12.6. The number of benzene rings is 4. The Labute approximate surface area is 300 Å². The maximum Gasteiger partial charge on any atom is 0.407 e. The fraction of sp³-hybridized carbons (Fsp3) is 0.350. The van der Waals surface area contributed by atoms with Crippen LogP contribution in [-0.2, 0) is 22.4 Å². The summed E-state index contributed by atoms with van der Waals surface area (Å²) in [6.45, 7) is 12.7. The van der Waals surface area contributed by atoms with Gasteiger partial charge in [0.15, 0.2) is 5.75 Å². The first-order chi connectivity index (χ1) is 23.3. The minimum absolute atomic E-state index is 0.0132. The van der Waals surface area contributed by atoms with Crippen molar-refractivity contribution in [1.82, 2.24) is 10.6 Å². The molecule has 0 radical (unpaired) electrons. The predicted octanol–water partition coefficient (Wildman–Crippen LogP) is 9.26. The molecule has 0 saturated heterocycles. The van der Waals surface area contributed by atoms with Crippen molar-refractivity contribution in [2.24, 2.45) is 0 Å². The molecule has 49 heavy (non-hydrogen) atoms. The van der Waals surface area contributed by atoms with Gasteiger partial charge in [-0.05, 0) is 111 Å². The molecule has 4 aromatic carbocycles. The summed E-state index contributed by atoms with van der Waals surface area (Å²) >= 11 is 12.6. The van der Waals surface area contributed by atoms with Gasteiger partial charge in [0.1, 0.15) is 24.6 Å².